The smallest absolute Gasteiger partial charge is 0.408 e. The van der Waals surface area contributed by atoms with Gasteiger partial charge in [0.15, 0.2) is 0 Å². The minimum Gasteiger partial charge on any atom is -0.491 e. The Morgan fingerprint density at radius 2 is 1.87 bits per heavy atom. The van der Waals surface area contributed by atoms with E-state index in [0.29, 0.717) is 17.2 Å². The van der Waals surface area contributed by atoms with Crippen molar-refractivity contribution in [3.63, 3.8) is 0 Å². The number of ether oxygens (including phenoxy) is 2. The molecule has 1 aromatic rings. The Hall–Kier alpha value is -2.75. The SMILES string of the molecule is CC1CCCC(OC(=O)N[C@H](C(=O)NC(C)COc2ccc(C#N)cc2)C(C)C)C1. The van der Waals surface area contributed by atoms with Gasteiger partial charge in [0.25, 0.3) is 0 Å². The summed E-state index contributed by atoms with van der Waals surface area (Å²) >= 11 is 0. The first-order valence-corrected chi connectivity index (χ1v) is 10.7. The molecular formula is C23H33N3O4. The van der Waals surface area contributed by atoms with Crippen molar-refractivity contribution in [2.75, 3.05) is 6.61 Å². The van der Waals surface area contributed by atoms with Crippen LogP contribution >= 0.6 is 0 Å². The molecule has 7 heteroatoms. The molecular weight excluding hydrogens is 382 g/mol. The first-order valence-electron chi connectivity index (χ1n) is 10.7. The highest BCUT2D eigenvalue weighted by Gasteiger charge is 2.28. The van der Waals surface area contributed by atoms with Crippen LogP contribution < -0.4 is 15.4 Å². The Balaban J connectivity index is 1.81. The normalized spacial score (nSPS) is 20.5. The Morgan fingerprint density at radius 3 is 2.47 bits per heavy atom. The third kappa shape index (κ3) is 7.58. The van der Waals surface area contributed by atoms with Gasteiger partial charge in [-0.05, 0) is 62.3 Å². The van der Waals surface area contributed by atoms with Crippen LogP contribution in [0.5, 0.6) is 5.75 Å². The van der Waals surface area contributed by atoms with Crippen molar-refractivity contribution in [3.05, 3.63) is 29.8 Å². The summed E-state index contributed by atoms with van der Waals surface area (Å²) in [6.45, 7) is 8.03. The number of nitriles is 1. The Bertz CT molecular complexity index is 742. The summed E-state index contributed by atoms with van der Waals surface area (Å²) in [5.41, 5.74) is 0.559. The lowest BCUT2D eigenvalue weighted by Crippen LogP contribution is -2.53. The van der Waals surface area contributed by atoms with Gasteiger partial charge in [-0.15, -0.1) is 0 Å². The third-order valence-corrected chi connectivity index (χ3v) is 5.26. The number of alkyl carbamates (subject to hydrolysis) is 1. The van der Waals surface area contributed by atoms with Gasteiger partial charge >= 0.3 is 6.09 Å². The standard InChI is InChI=1S/C23H33N3O4/c1-15(2)21(26-23(28)30-20-7-5-6-16(3)12-20)22(27)25-17(4)14-29-19-10-8-18(13-24)9-11-19/h8-11,15-17,20-21H,5-7,12,14H2,1-4H3,(H,25,27)(H,26,28)/t16?,17?,20?,21-/m0/s1. The van der Waals surface area contributed by atoms with Crippen molar-refractivity contribution in [2.24, 2.45) is 11.8 Å². The predicted molar refractivity (Wildman–Crippen MR) is 114 cm³/mol. The average molecular weight is 416 g/mol. The number of nitrogens with zero attached hydrogens (tertiary/aromatic N) is 1. The minimum absolute atomic E-state index is 0.0793. The quantitative estimate of drug-likeness (QED) is 0.673. The van der Waals surface area contributed by atoms with E-state index in [4.69, 9.17) is 14.7 Å². The summed E-state index contributed by atoms with van der Waals surface area (Å²) in [6.07, 6.45) is 3.36. The highest BCUT2D eigenvalue weighted by Crippen LogP contribution is 2.25. The highest BCUT2D eigenvalue weighted by atomic mass is 16.6. The summed E-state index contributed by atoms with van der Waals surface area (Å²) in [7, 11) is 0. The molecule has 30 heavy (non-hydrogen) atoms. The molecule has 2 rings (SSSR count). The molecule has 0 saturated heterocycles. The monoisotopic (exact) mass is 415 g/mol. The maximum atomic E-state index is 12.7. The molecule has 0 aromatic heterocycles. The topological polar surface area (TPSA) is 100 Å². The van der Waals surface area contributed by atoms with Crippen molar-refractivity contribution >= 4 is 12.0 Å². The molecule has 1 aliphatic carbocycles. The minimum atomic E-state index is -0.684. The largest absolute Gasteiger partial charge is 0.491 e. The van der Waals surface area contributed by atoms with Crippen LogP contribution in [0, 0.1) is 23.2 Å². The van der Waals surface area contributed by atoms with Crippen molar-refractivity contribution in [1.29, 1.82) is 5.26 Å². The molecule has 164 valence electrons. The molecule has 0 bridgehead atoms. The van der Waals surface area contributed by atoms with E-state index < -0.39 is 12.1 Å². The van der Waals surface area contributed by atoms with Gasteiger partial charge in [0.05, 0.1) is 17.7 Å². The van der Waals surface area contributed by atoms with Gasteiger partial charge < -0.3 is 20.1 Å². The van der Waals surface area contributed by atoms with E-state index in [-0.39, 0.29) is 30.6 Å². The summed E-state index contributed by atoms with van der Waals surface area (Å²) < 4.78 is 11.2. The van der Waals surface area contributed by atoms with Crippen LogP contribution in [-0.2, 0) is 9.53 Å². The van der Waals surface area contributed by atoms with Gasteiger partial charge in [0.2, 0.25) is 5.91 Å². The zero-order valence-electron chi connectivity index (χ0n) is 18.3. The molecule has 0 aliphatic heterocycles. The number of hydrogen-bond acceptors (Lipinski definition) is 5. The van der Waals surface area contributed by atoms with E-state index in [1.54, 1.807) is 24.3 Å². The maximum absolute atomic E-state index is 12.7. The van der Waals surface area contributed by atoms with Gasteiger partial charge in [-0.25, -0.2) is 4.79 Å². The summed E-state index contributed by atoms with van der Waals surface area (Å²) in [6, 6.07) is 7.90. The first kappa shape index (κ1) is 23.5. The summed E-state index contributed by atoms with van der Waals surface area (Å²) in [4.78, 5) is 25.0. The van der Waals surface area contributed by atoms with E-state index in [9.17, 15) is 9.59 Å². The van der Waals surface area contributed by atoms with Crippen molar-refractivity contribution in [1.82, 2.24) is 10.6 Å². The van der Waals surface area contributed by atoms with E-state index >= 15 is 0 Å². The van der Waals surface area contributed by atoms with Gasteiger partial charge in [0.1, 0.15) is 24.5 Å². The summed E-state index contributed by atoms with van der Waals surface area (Å²) in [5.74, 6) is 0.820. The van der Waals surface area contributed by atoms with Crippen LogP contribution in [0.3, 0.4) is 0 Å². The molecule has 0 heterocycles. The predicted octanol–water partition coefficient (Wildman–Crippen LogP) is 3.77. The average Bonchev–Trinajstić information content (AvgIpc) is 2.70. The van der Waals surface area contributed by atoms with Gasteiger partial charge in [-0.1, -0.05) is 27.2 Å². The van der Waals surface area contributed by atoms with Crippen LogP contribution in [-0.4, -0.2) is 36.8 Å². The molecule has 1 aliphatic rings. The van der Waals surface area contributed by atoms with Gasteiger partial charge in [0, 0.05) is 0 Å². The van der Waals surface area contributed by atoms with E-state index in [1.807, 2.05) is 20.8 Å². The van der Waals surface area contributed by atoms with E-state index in [0.717, 1.165) is 19.3 Å². The maximum Gasteiger partial charge on any atom is 0.408 e. The highest BCUT2D eigenvalue weighted by molar-refractivity contribution is 5.86. The summed E-state index contributed by atoms with van der Waals surface area (Å²) in [5, 5.41) is 14.4. The van der Waals surface area contributed by atoms with Crippen LogP contribution in [0.25, 0.3) is 0 Å². The fourth-order valence-electron chi connectivity index (χ4n) is 3.55. The fourth-order valence-corrected chi connectivity index (χ4v) is 3.55. The number of amides is 2. The van der Waals surface area contributed by atoms with Crippen LogP contribution in [0.1, 0.15) is 58.9 Å². The molecule has 1 aromatic carbocycles. The third-order valence-electron chi connectivity index (χ3n) is 5.26. The Morgan fingerprint density at radius 1 is 1.17 bits per heavy atom. The molecule has 0 spiro atoms. The number of carbonyl (C=O) groups excluding carboxylic acids is 2. The molecule has 4 atom stereocenters. The fraction of sp³-hybridized carbons (Fsp3) is 0.609. The molecule has 0 radical (unpaired) electrons. The molecule has 1 fully saturated rings. The van der Waals surface area contributed by atoms with Crippen LogP contribution in [0.15, 0.2) is 24.3 Å². The number of benzene rings is 1. The first-order chi connectivity index (χ1) is 14.3. The molecule has 7 nitrogen and oxygen atoms in total. The molecule has 1 saturated carbocycles. The van der Waals surface area contributed by atoms with E-state index in [1.165, 1.54) is 6.42 Å². The van der Waals surface area contributed by atoms with E-state index in [2.05, 4.69) is 23.6 Å². The lowest BCUT2D eigenvalue weighted by Gasteiger charge is -2.28. The second-order valence-corrected chi connectivity index (χ2v) is 8.52. The Kier molecular flexibility index (Phi) is 8.97. The lowest BCUT2D eigenvalue weighted by molar-refractivity contribution is -0.125. The van der Waals surface area contributed by atoms with Gasteiger partial charge in [-0.2, -0.15) is 5.26 Å². The van der Waals surface area contributed by atoms with Crippen molar-refractivity contribution in [2.45, 2.75) is 71.6 Å². The zero-order chi connectivity index (χ0) is 22.1. The molecule has 2 amide bonds. The number of carbonyl (C=O) groups is 2. The van der Waals surface area contributed by atoms with Crippen LogP contribution in [0.4, 0.5) is 4.79 Å². The number of hydrogen-bond donors (Lipinski definition) is 2. The molecule has 2 N–H and O–H groups in total. The van der Waals surface area contributed by atoms with Crippen molar-refractivity contribution < 1.29 is 19.1 Å². The zero-order valence-corrected chi connectivity index (χ0v) is 18.3. The van der Waals surface area contributed by atoms with Crippen molar-refractivity contribution in [3.8, 4) is 11.8 Å². The second kappa shape index (κ2) is 11.4. The van der Waals surface area contributed by atoms with Crippen LogP contribution in [0.2, 0.25) is 0 Å². The second-order valence-electron chi connectivity index (χ2n) is 8.52. The lowest BCUT2D eigenvalue weighted by atomic mass is 9.89. The number of nitrogens with one attached hydrogen (secondary N) is 2. The van der Waals surface area contributed by atoms with Gasteiger partial charge in [-0.3, -0.25) is 4.79 Å². The Labute approximate surface area is 179 Å². The molecule has 3 unspecified atom stereocenters. The number of rotatable bonds is 8.